The van der Waals surface area contributed by atoms with Crippen LogP contribution in [0.1, 0.15) is 54.8 Å². The molecular weight excluding hydrogens is 358 g/mol. The van der Waals surface area contributed by atoms with Gasteiger partial charge in [0.25, 0.3) is 5.91 Å². The molecule has 1 aromatic heterocycles. The predicted molar refractivity (Wildman–Crippen MR) is 99.2 cm³/mol. The lowest BCUT2D eigenvalue weighted by molar-refractivity contribution is 0.0904. The Morgan fingerprint density at radius 1 is 1.16 bits per heavy atom. The fourth-order valence-electron chi connectivity index (χ4n) is 3.08. The number of furan rings is 1. The first kappa shape index (κ1) is 18.2. The highest BCUT2D eigenvalue weighted by molar-refractivity contribution is 7.84. The Hall–Kier alpha value is -1.59. The molecule has 0 saturated heterocycles. The molecule has 4 nitrogen and oxygen atoms in total. The molecule has 1 aliphatic carbocycles. The smallest absolute Gasteiger partial charge is 0.287 e. The second-order valence-corrected chi connectivity index (χ2v) is 8.26. The third-order valence-electron chi connectivity index (χ3n) is 4.41. The zero-order valence-electron chi connectivity index (χ0n) is 14.0. The second-order valence-electron chi connectivity index (χ2n) is 6.38. The highest BCUT2D eigenvalue weighted by Crippen LogP contribution is 2.20. The number of halogens is 1. The summed E-state index contributed by atoms with van der Waals surface area (Å²) in [7, 11) is -1.26. The van der Waals surface area contributed by atoms with Crippen LogP contribution in [0.2, 0.25) is 5.02 Å². The summed E-state index contributed by atoms with van der Waals surface area (Å²) in [6, 6.07) is 10.5. The maximum absolute atomic E-state index is 12.4. The van der Waals surface area contributed by atoms with Crippen molar-refractivity contribution < 1.29 is 13.4 Å². The molecular formula is C19H22ClNO3S. The van der Waals surface area contributed by atoms with E-state index in [1.807, 2.05) is 0 Å². The van der Waals surface area contributed by atoms with E-state index in [0.29, 0.717) is 15.7 Å². The van der Waals surface area contributed by atoms with Crippen molar-refractivity contribution in [3.8, 4) is 0 Å². The molecule has 1 saturated carbocycles. The minimum Gasteiger partial charge on any atom is -0.455 e. The standard InChI is InChI=1S/C19H22ClNO3S/c20-14-6-5-9-17(12-14)25(23)13-16-10-11-18(24-16)19(22)21-15-7-3-1-2-4-8-15/h5-6,9-12,15H,1-4,7-8,13H2,(H,21,22)/t25-/m1/s1. The molecule has 1 aromatic carbocycles. The normalized spacial score (nSPS) is 17.0. The third kappa shape index (κ3) is 5.19. The second kappa shape index (κ2) is 8.68. The summed E-state index contributed by atoms with van der Waals surface area (Å²) in [6.45, 7) is 0. The Balaban J connectivity index is 1.59. The number of benzene rings is 1. The Bertz CT molecular complexity index is 751. The Morgan fingerprint density at radius 2 is 1.92 bits per heavy atom. The maximum atomic E-state index is 12.4. The Labute approximate surface area is 155 Å². The first-order chi connectivity index (χ1) is 12.1. The van der Waals surface area contributed by atoms with Gasteiger partial charge in [-0.25, -0.2) is 0 Å². The number of carbonyl (C=O) groups is 1. The van der Waals surface area contributed by atoms with Gasteiger partial charge in [-0.3, -0.25) is 9.00 Å². The number of nitrogens with one attached hydrogen (secondary N) is 1. The third-order valence-corrected chi connectivity index (χ3v) is 5.97. The van der Waals surface area contributed by atoms with Crippen LogP contribution in [-0.2, 0) is 16.6 Å². The number of rotatable bonds is 5. The van der Waals surface area contributed by atoms with Crippen molar-refractivity contribution in [2.75, 3.05) is 0 Å². The van der Waals surface area contributed by atoms with E-state index < -0.39 is 10.8 Å². The van der Waals surface area contributed by atoms with E-state index in [0.717, 1.165) is 25.7 Å². The van der Waals surface area contributed by atoms with Crippen molar-refractivity contribution in [3.05, 3.63) is 52.9 Å². The molecule has 6 heteroatoms. The van der Waals surface area contributed by atoms with Crippen molar-refractivity contribution in [1.82, 2.24) is 5.32 Å². The highest BCUT2D eigenvalue weighted by atomic mass is 35.5. The molecule has 1 amide bonds. The SMILES string of the molecule is O=C(NC1CCCCCC1)c1ccc(C[S@@](=O)c2cccc(Cl)c2)o1. The largest absolute Gasteiger partial charge is 0.455 e. The van der Waals surface area contributed by atoms with Gasteiger partial charge in [-0.1, -0.05) is 43.4 Å². The van der Waals surface area contributed by atoms with E-state index in [1.165, 1.54) is 12.8 Å². The summed E-state index contributed by atoms with van der Waals surface area (Å²) in [5.41, 5.74) is 0. The quantitative estimate of drug-likeness (QED) is 0.766. The molecule has 134 valence electrons. The van der Waals surface area contributed by atoms with E-state index >= 15 is 0 Å². The van der Waals surface area contributed by atoms with Crippen molar-refractivity contribution in [2.24, 2.45) is 0 Å². The lowest BCUT2D eigenvalue weighted by Gasteiger charge is -2.14. The fraction of sp³-hybridized carbons (Fsp3) is 0.421. The van der Waals surface area contributed by atoms with Crippen LogP contribution in [0.25, 0.3) is 0 Å². The van der Waals surface area contributed by atoms with Crippen LogP contribution in [0, 0.1) is 0 Å². The van der Waals surface area contributed by atoms with Gasteiger partial charge in [0.2, 0.25) is 0 Å². The van der Waals surface area contributed by atoms with Crippen molar-refractivity contribution in [2.45, 2.75) is 55.2 Å². The van der Waals surface area contributed by atoms with E-state index in [2.05, 4.69) is 5.32 Å². The zero-order chi connectivity index (χ0) is 17.6. The number of hydrogen-bond acceptors (Lipinski definition) is 3. The Morgan fingerprint density at radius 3 is 2.64 bits per heavy atom. The molecule has 0 unspecified atom stereocenters. The molecule has 0 bridgehead atoms. The van der Waals surface area contributed by atoms with E-state index in [4.69, 9.17) is 16.0 Å². The molecule has 1 aliphatic rings. The first-order valence-corrected chi connectivity index (χ1v) is 10.3. The van der Waals surface area contributed by atoms with Gasteiger partial charge in [0, 0.05) is 16.0 Å². The van der Waals surface area contributed by atoms with Gasteiger partial charge in [0.1, 0.15) is 5.76 Å². The molecule has 1 heterocycles. The summed E-state index contributed by atoms with van der Waals surface area (Å²) in [5.74, 6) is 0.843. The van der Waals surface area contributed by atoms with Crippen LogP contribution in [0.15, 0.2) is 45.7 Å². The van der Waals surface area contributed by atoms with Crippen molar-refractivity contribution in [1.29, 1.82) is 0 Å². The summed E-state index contributed by atoms with van der Waals surface area (Å²) in [6.07, 6.45) is 6.86. The molecule has 0 radical (unpaired) electrons. The lowest BCUT2D eigenvalue weighted by Crippen LogP contribution is -2.34. The van der Waals surface area contributed by atoms with Crippen LogP contribution < -0.4 is 5.32 Å². The first-order valence-electron chi connectivity index (χ1n) is 8.65. The summed E-state index contributed by atoms with van der Waals surface area (Å²) in [4.78, 5) is 13.0. The van der Waals surface area contributed by atoms with E-state index in [1.54, 1.807) is 36.4 Å². The van der Waals surface area contributed by atoms with Crippen LogP contribution in [0.3, 0.4) is 0 Å². The fourth-order valence-corrected chi connectivity index (χ4v) is 4.40. The molecule has 25 heavy (non-hydrogen) atoms. The van der Waals surface area contributed by atoms with Crippen LogP contribution in [0.4, 0.5) is 0 Å². The predicted octanol–water partition coefficient (Wildman–Crippen LogP) is 4.69. The van der Waals surface area contributed by atoms with Gasteiger partial charge in [0.05, 0.1) is 16.6 Å². The van der Waals surface area contributed by atoms with Crippen molar-refractivity contribution >= 4 is 28.3 Å². The maximum Gasteiger partial charge on any atom is 0.287 e. The summed E-state index contributed by atoms with van der Waals surface area (Å²) >= 11 is 5.93. The molecule has 1 N–H and O–H groups in total. The molecule has 0 aliphatic heterocycles. The number of carbonyl (C=O) groups excluding carboxylic acids is 1. The molecule has 1 atom stereocenters. The Kier molecular flexibility index (Phi) is 6.32. The van der Waals surface area contributed by atoms with Gasteiger partial charge in [-0.15, -0.1) is 0 Å². The molecule has 1 fully saturated rings. The monoisotopic (exact) mass is 379 g/mol. The number of amides is 1. The van der Waals surface area contributed by atoms with Crippen LogP contribution in [-0.4, -0.2) is 16.2 Å². The van der Waals surface area contributed by atoms with Gasteiger partial charge in [0.15, 0.2) is 5.76 Å². The summed E-state index contributed by atoms with van der Waals surface area (Å²) < 4.78 is 18.0. The molecule has 0 spiro atoms. The zero-order valence-corrected chi connectivity index (χ0v) is 15.6. The van der Waals surface area contributed by atoms with Gasteiger partial charge < -0.3 is 9.73 Å². The van der Waals surface area contributed by atoms with E-state index in [9.17, 15) is 9.00 Å². The van der Waals surface area contributed by atoms with Crippen molar-refractivity contribution in [3.63, 3.8) is 0 Å². The average Bonchev–Trinajstić information content (AvgIpc) is 2.91. The van der Waals surface area contributed by atoms with Gasteiger partial charge in [-0.2, -0.15) is 0 Å². The average molecular weight is 380 g/mol. The van der Waals surface area contributed by atoms with E-state index in [-0.39, 0.29) is 23.5 Å². The van der Waals surface area contributed by atoms with Crippen LogP contribution in [0.5, 0.6) is 0 Å². The molecule has 2 aromatic rings. The lowest BCUT2D eigenvalue weighted by atomic mass is 10.1. The number of hydrogen-bond donors (Lipinski definition) is 1. The molecule has 3 rings (SSSR count). The minimum atomic E-state index is -1.26. The minimum absolute atomic E-state index is 0.188. The van der Waals surface area contributed by atoms with Gasteiger partial charge >= 0.3 is 0 Å². The summed E-state index contributed by atoms with van der Waals surface area (Å²) in [5, 5.41) is 3.60. The van der Waals surface area contributed by atoms with Crippen LogP contribution >= 0.6 is 11.6 Å². The van der Waals surface area contributed by atoms with Gasteiger partial charge in [-0.05, 0) is 43.2 Å². The highest BCUT2D eigenvalue weighted by Gasteiger charge is 2.18. The topological polar surface area (TPSA) is 59.3 Å².